The summed E-state index contributed by atoms with van der Waals surface area (Å²) in [6.07, 6.45) is 1.74. The smallest absolute Gasteiger partial charge is 0.346 e. The molecule has 1 N–H and O–H groups in total. The fourth-order valence-corrected chi connectivity index (χ4v) is 0.932. The van der Waals surface area contributed by atoms with E-state index in [9.17, 15) is 4.79 Å². The summed E-state index contributed by atoms with van der Waals surface area (Å²) in [5.74, 6) is -1.21. The standard InChI is InChI=1S/C11H17NO5/c1-15-5-6-17-8-7-16-4-2-3-10(9-12)11(13)14/h3H,2,4-8H2,1H3,(H,13,14). The van der Waals surface area contributed by atoms with Gasteiger partial charge >= 0.3 is 5.97 Å². The van der Waals surface area contributed by atoms with E-state index in [1.54, 1.807) is 13.2 Å². The maximum Gasteiger partial charge on any atom is 0.346 e. The molecule has 96 valence electrons. The van der Waals surface area contributed by atoms with E-state index in [4.69, 9.17) is 24.6 Å². The lowest BCUT2D eigenvalue weighted by Crippen LogP contribution is -2.08. The predicted octanol–water partition coefficient (Wildman–Crippen LogP) is 0.591. The van der Waals surface area contributed by atoms with E-state index in [-0.39, 0.29) is 5.57 Å². The van der Waals surface area contributed by atoms with Gasteiger partial charge in [0.2, 0.25) is 0 Å². The van der Waals surface area contributed by atoms with Gasteiger partial charge in [0.25, 0.3) is 0 Å². The first kappa shape index (κ1) is 15.6. The molecule has 0 rings (SSSR count). The Morgan fingerprint density at radius 2 is 1.82 bits per heavy atom. The number of methoxy groups -OCH3 is 1. The molecule has 6 heteroatoms. The zero-order valence-corrected chi connectivity index (χ0v) is 9.85. The van der Waals surface area contributed by atoms with Crippen molar-refractivity contribution in [2.45, 2.75) is 6.42 Å². The number of nitriles is 1. The van der Waals surface area contributed by atoms with Crippen molar-refractivity contribution in [2.75, 3.05) is 40.1 Å². The second-order valence-corrected chi connectivity index (χ2v) is 3.04. The van der Waals surface area contributed by atoms with E-state index in [0.29, 0.717) is 39.5 Å². The third-order valence-electron chi connectivity index (χ3n) is 1.77. The number of nitrogens with zero attached hydrogens (tertiary/aromatic N) is 1. The molecule has 0 amide bonds. The summed E-state index contributed by atoms with van der Waals surface area (Å²) in [6.45, 7) is 2.35. The molecule has 0 unspecified atom stereocenters. The Balaban J connectivity index is 3.40. The molecule has 17 heavy (non-hydrogen) atoms. The first-order chi connectivity index (χ1) is 8.22. The van der Waals surface area contributed by atoms with Crippen molar-refractivity contribution in [3.05, 3.63) is 11.6 Å². The maximum atomic E-state index is 10.4. The van der Waals surface area contributed by atoms with Crippen molar-refractivity contribution < 1.29 is 24.1 Å². The van der Waals surface area contributed by atoms with Gasteiger partial charge < -0.3 is 19.3 Å². The van der Waals surface area contributed by atoms with Gasteiger partial charge in [0, 0.05) is 7.11 Å². The SMILES string of the molecule is COCCOCCOCCC=C(C#N)C(=O)O. The average Bonchev–Trinajstić information content (AvgIpc) is 2.31. The summed E-state index contributed by atoms with van der Waals surface area (Å²) in [6, 6.07) is 1.59. The van der Waals surface area contributed by atoms with Crippen molar-refractivity contribution >= 4 is 5.97 Å². The number of rotatable bonds is 10. The van der Waals surface area contributed by atoms with Crippen LogP contribution in [-0.2, 0) is 19.0 Å². The summed E-state index contributed by atoms with van der Waals surface area (Å²) in [4.78, 5) is 10.4. The summed E-state index contributed by atoms with van der Waals surface area (Å²) in [5.41, 5.74) is -0.259. The lowest BCUT2D eigenvalue weighted by atomic mass is 10.2. The number of aliphatic carboxylic acids is 1. The average molecular weight is 243 g/mol. The van der Waals surface area contributed by atoms with Crippen molar-refractivity contribution in [2.24, 2.45) is 0 Å². The Morgan fingerprint density at radius 1 is 1.24 bits per heavy atom. The van der Waals surface area contributed by atoms with Gasteiger partial charge in [-0.05, 0) is 6.42 Å². The molecule has 6 nitrogen and oxygen atoms in total. The Kier molecular flexibility index (Phi) is 10.2. The maximum absolute atomic E-state index is 10.4. The highest BCUT2D eigenvalue weighted by Gasteiger charge is 2.03. The Labute approximate surface area is 100 Å². The van der Waals surface area contributed by atoms with Crippen LogP contribution >= 0.6 is 0 Å². The van der Waals surface area contributed by atoms with Gasteiger partial charge in [0.05, 0.1) is 33.0 Å². The molecule has 0 radical (unpaired) electrons. The van der Waals surface area contributed by atoms with Gasteiger partial charge in [0.15, 0.2) is 0 Å². The number of hydrogen-bond acceptors (Lipinski definition) is 5. The summed E-state index contributed by atoms with van der Waals surface area (Å²) >= 11 is 0. The summed E-state index contributed by atoms with van der Waals surface area (Å²) < 4.78 is 15.1. The lowest BCUT2D eigenvalue weighted by Gasteiger charge is -2.04. The molecule has 0 saturated carbocycles. The Morgan fingerprint density at radius 3 is 2.35 bits per heavy atom. The highest BCUT2D eigenvalue weighted by atomic mass is 16.5. The van der Waals surface area contributed by atoms with Crippen LogP contribution in [0.5, 0.6) is 0 Å². The normalized spacial score (nSPS) is 11.2. The molecule has 0 aliphatic heterocycles. The van der Waals surface area contributed by atoms with Gasteiger partial charge in [-0.2, -0.15) is 5.26 Å². The molecule has 0 aromatic rings. The van der Waals surface area contributed by atoms with Crippen LogP contribution in [0.3, 0.4) is 0 Å². The summed E-state index contributed by atoms with van der Waals surface area (Å²) in [7, 11) is 1.60. The molecule has 0 bridgehead atoms. The number of carboxylic acid groups (broad SMARTS) is 1. The van der Waals surface area contributed by atoms with Gasteiger partial charge in [-0.15, -0.1) is 0 Å². The van der Waals surface area contributed by atoms with E-state index in [0.717, 1.165) is 0 Å². The van der Waals surface area contributed by atoms with Crippen molar-refractivity contribution in [3.8, 4) is 6.07 Å². The third kappa shape index (κ3) is 9.51. The molecule has 0 aliphatic rings. The quantitative estimate of drug-likeness (QED) is 0.343. The number of carbonyl (C=O) groups is 1. The third-order valence-corrected chi connectivity index (χ3v) is 1.77. The Hall–Kier alpha value is -1.42. The van der Waals surface area contributed by atoms with Gasteiger partial charge in [-0.1, -0.05) is 6.08 Å². The monoisotopic (exact) mass is 243 g/mol. The molecule has 0 spiro atoms. The second-order valence-electron chi connectivity index (χ2n) is 3.04. The first-order valence-corrected chi connectivity index (χ1v) is 5.20. The second kappa shape index (κ2) is 11.1. The van der Waals surface area contributed by atoms with Crippen LogP contribution in [-0.4, -0.2) is 51.2 Å². The van der Waals surface area contributed by atoms with Crippen molar-refractivity contribution in [1.82, 2.24) is 0 Å². The molecule has 0 heterocycles. The van der Waals surface area contributed by atoms with Gasteiger partial charge in [-0.3, -0.25) is 0 Å². The number of hydrogen-bond donors (Lipinski definition) is 1. The van der Waals surface area contributed by atoms with E-state index in [1.165, 1.54) is 6.08 Å². The minimum atomic E-state index is -1.21. The first-order valence-electron chi connectivity index (χ1n) is 5.20. The number of carboxylic acids is 1. The van der Waals surface area contributed by atoms with Crippen molar-refractivity contribution in [3.63, 3.8) is 0 Å². The molecule has 0 aromatic heterocycles. The molecular weight excluding hydrogens is 226 g/mol. The molecule has 0 saturated heterocycles. The zero-order chi connectivity index (χ0) is 12.9. The van der Waals surface area contributed by atoms with Crippen molar-refractivity contribution in [1.29, 1.82) is 5.26 Å². The minimum absolute atomic E-state index is 0.259. The van der Waals surface area contributed by atoms with E-state index >= 15 is 0 Å². The molecule has 0 fully saturated rings. The topological polar surface area (TPSA) is 88.8 Å². The van der Waals surface area contributed by atoms with Gasteiger partial charge in [-0.25, -0.2) is 4.79 Å². The minimum Gasteiger partial charge on any atom is -0.477 e. The van der Waals surface area contributed by atoms with Crippen LogP contribution in [0.2, 0.25) is 0 Å². The fraction of sp³-hybridized carbons (Fsp3) is 0.636. The van der Waals surface area contributed by atoms with E-state index in [2.05, 4.69) is 0 Å². The van der Waals surface area contributed by atoms with Crippen LogP contribution < -0.4 is 0 Å². The highest BCUT2D eigenvalue weighted by Crippen LogP contribution is 1.95. The largest absolute Gasteiger partial charge is 0.477 e. The molecule has 0 aliphatic carbocycles. The van der Waals surface area contributed by atoms with Crippen LogP contribution in [0, 0.1) is 11.3 Å². The van der Waals surface area contributed by atoms with Crippen LogP contribution in [0.15, 0.2) is 11.6 Å². The van der Waals surface area contributed by atoms with E-state index in [1.807, 2.05) is 0 Å². The van der Waals surface area contributed by atoms with Gasteiger partial charge in [0.1, 0.15) is 11.6 Å². The lowest BCUT2D eigenvalue weighted by molar-refractivity contribution is -0.132. The Bertz CT molecular complexity index is 282. The fourth-order valence-electron chi connectivity index (χ4n) is 0.932. The van der Waals surface area contributed by atoms with E-state index < -0.39 is 5.97 Å². The van der Waals surface area contributed by atoms with Crippen LogP contribution in [0.4, 0.5) is 0 Å². The summed E-state index contributed by atoms with van der Waals surface area (Å²) in [5, 5.41) is 17.0. The van der Waals surface area contributed by atoms with Crippen LogP contribution in [0.1, 0.15) is 6.42 Å². The molecular formula is C11H17NO5. The van der Waals surface area contributed by atoms with Crippen LogP contribution in [0.25, 0.3) is 0 Å². The molecule has 0 atom stereocenters. The predicted molar refractivity (Wildman–Crippen MR) is 59.5 cm³/mol. The highest BCUT2D eigenvalue weighted by molar-refractivity contribution is 5.90. The molecule has 0 aromatic carbocycles. The zero-order valence-electron chi connectivity index (χ0n) is 9.85. The number of ether oxygens (including phenoxy) is 3.